The van der Waals surface area contributed by atoms with Crippen molar-refractivity contribution in [1.82, 2.24) is 10.5 Å². The lowest BCUT2D eigenvalue weighted by Gasteiger charge is -2.20. The SMILES string of the molecule is Cc1cc(NC(=O)[C@H](C)N[C@H](C)c2ccc(F)cc2F)no1. The van der Waals surface area contributed by atoms with Crippen molar-refractivity contribution in [2.24, 2.45) is 0 Å². The van der Waals surface area contributed by atoms with Gasteiger partial charge < -0.3 is 9.84 Å². The molecule has 0 saturated carbocycles. The number of benzene rings is 1. The standard InChI is InChI=1S/C15H17F2N3O2/c1-8-6-14(20-22-8)19-15(21)10(3)18-9(2)12-5-4-11(16)7-13(12)17/h4-7,9-10,18H,1-3H3,(H,19,20,21)/t9-,10+/m1/s1. The Morgan fingerprint density at radius 1 is 1.27 bits per heavy atom. The predicted molar refractivity (Wildman–Crippen MR) is 77.2 cm³/mol. The van der Waals surface area contributed by atoms with E-state index < -0.39 is 23.7 Å². The summed E-state index contributed by atoms with van der Waals surface area (Å²) < 4.78 is 31.5. The van der Waals surface area contributed by atoms with E-state index in [0.717, 1.165) is 6.07 Å². The first-order valence-electron chi connectivity index (χ1n) is 6.82. The number of hydrogen-bond donors (Lipinski definition) is 2. The fourth-order valence-electron chi connectivity index (χ4n) is 2.05. The number of aryl methyl sites for hydroxylation is 1. The van der Waals surface area contributed by atoms with E-state index in [2.05, 4.69) is 15.8 Å². The summed E-state index contributed by atoms with van der Waals surface area (Å²) in [6, 6.07) is 3.88. The Hall–Kier alpha value is -2.28. The zero-order chi connectivity index (χ0) is 16.3. The molecule has 2 aromatic rings. The third-order valence-electron chi connectivity index (χ3n) is 3.20. The molecule has 0 unspecified atom stereocenters. The average Bonchev–Trinajstić information content (AvgIpc) is 2.83. The lowest BCUT2D eigenvalue weighted by atomic mass is 10.1. The van der Waals surface area contributed by atoms with Crippen molar-refractivity contribution in [1.29, 1.82) is 0 Å². The zero-order valence-corrected chi connectivity index (χ0v) is 12.5. The van der Waals surface area contributed by atoms with Crippen LogP contribution in [-0.4, -0.2) is 17.1 Å². The number of amides is 1. The Balaban J connectivity index is 1.98. The van der Waals surface area contributed by atoms with Crippen molar-refractivity contribution in [2.45, 2.75) is 32.9 Å². The molecular weight excluding hydrogens is 292 g/mol. The van der Waals surface area contributed by atoms with Gasteiger partial charge in [0.1, 0.15) is 17.4 Å². The van der Waals surface area contributed by atoms with Crippen LogP contribution in [0, 0.1) is 18.6 Å². The van der Waals surface area contributed by atoms with E-state index in [-0.39, 0.29) is 5.91 Å². The van der Waals surface area contributed by atoms with Gasteiger partial charge in [-0.05, 0) is 26.8 Å². The van der Waals surface area contributed by atoms with Crippen LogP contribution in [0.15, 0.2) is 28.8 Å². The van der Waals surface area contributed by atoms with Crippen LogP contribution in [0.25, 0.3) is 0 Å². The van der Waals surface area contributed by atoms with Crippen molar-refractivity contribution >= 4 is 11.7 Å². The number of nitrogens with one attached hydrogen (secondary N) is 2. The Kier molecular flexibility index (Phi) is 4.87. The monoisotopic (exact) mass is 309 g/mol. The van der Waals surface area contributed by atoms with Crippen LogP contribution in [0.4, 0.5) is 14.6 Å². The highest BCUT2D eigenvalue weighted by Gasteiger charge is 2.19. The molecule has 0 spiro atoms. The van der Waals surface area contributed by atoms with E-state index in [4.69, 9.17) is 4.52 Å². The van der Waals surface area contributed by atoms with Crippen LogP contribution in [0.5, 0.6) is 0 Å². The zero-order valence-electron chi connectivity index (χ0n) is 12.5. The van der Waals surface area contributed by atoms with E-state index >= 15 is 0 Å². The molecule has 0 aliphatic heterocycles. The van der Waals surface area contributed by atoms with Gasteiger partial charge in [-0.25, -0.2) is 8.78 Å². The Bertz CT molecular complexity index is 673. The van der Waals surface area contributed by atoms with Crippen molar-refractivity contribution in [3.8, 4) is 0 Å². The first-order chi connectivity index (χ1) is 10.4. The van der Waals surface area contributed by atoms with Crippen molar-refractivity contribution in [3.05, 3.63) is 47.2 Å². The molecule has 1 aromatic carbocycles. The van der Waals surface area contributed by atoms with Crippen molar-refractivity contribution in [2.75, 3.05) is 5.32 Å². The van der Waals surface area contributed by atoms with Crippen LogP contribution >= 0.6 is 0 Å². The van der Waals surface area contributed by atoms with E-state index in [1.165, 1.54) is 12.1 Å². The van der Waals surface area contributed by atoms with E-state index in [1.807, 2.05) is 0 Å². The van der Waals surface area contributed by atoms with Gasteiger partial charge in [-0.1, -0.05) is 11.2 Å². The molecule has 2 atom stereocenters. The molecule has 2 N–H and O–H groups in total. The molecule has 2 rings (SSSR count). The minimum absolute atomic E-state index is 0.290. The third kappa shape index (κ3) is 3.88. The number of carbonyl (C=O) groups excluding carboxylic acids is 1. The van der Waals surface area contributed by atoms with Gasteiger partial charge in [-0.2, -0.15) is 0 Å². The third-order valence-corrected chi connectivity index (χ3v) is 3.20. The van der Waals surface area contributed by atoms with E-state index in [0.29, 0.717) is 17.1 Å². The second kappa shape index (κ2) is 6.65. The summed E-state index contributed by atoms with van der Waals surface area (Å²) in [5, 5.41) is 9.20. The van der Waals surface area contributed by atoms with Gasteiger partial charge in [0.15, 0.2) is 5.82 Å². The van der Waals surface area contributed by atoms with Crippen LogP contribution in [0.3, 0.4) is 0 Å². The maximum Gasteiger partial charge on any atom is 0.242 e. The second-order valence-corrected chi connectivity index (χ2v) is 5.09. The summed E-state index contributed by atoms with van der Waals surface area (Å²) in [5.74, 6) is -0.725. The first-order valence-corrected chi connectivity index (χ1v) is 6.82. The number of halogens is 2. The second-order valence-electron chi connectivity index (χ2n) is 5.09. The molecule has 0 fully saturated rings. The van der Waals surface area contributed by atoms with Gasteiger partial charge in [-0.3, -0.25) is 10.1 Å². The lowest BCUT2D eigenvalue weighted by Crippen LogP contribution is -2.39. The number of hydrogen-bond acceptors (Lipinski definition) is 4. The van der Waals surface area contributed by atoms with E-state index in [9.17, 15) is 13.6 Å². The number of anilines is 1. The van der Waals surface area contributed by atoms with Crippen LogP contribution in [-0.2, 0) is 4.79 Å². The summed E-state index contributed by atoms with van der Waals surface area (Å²) in [7, 11) is 0. The Morgan fingerprint density at radius 2 is 2.00 bits per heavy atom. The van der Waals surface area contributed by atoms with Crippen LogP contribution in [0.1, 0.15) is 31.2 Å². The Morgan fingerprint density at radius 3 is 2.59 bits per heavy atom. The summed E-state index contributed by atoms with van der Waals surface area (Å²) in [6.45, 7) is 5.05. The van der Waals surface area contributed by atoms with Crippen LogP contribution in [0.2, 0.25) is 0 Å². The normalized spacial score (nSPS) is 13.7. The molecule has 1 aromatic heterocycles. The maximum atomic E-state index is 13.7. The van der Waals surface area contributed by atoms with Crippen molar-refractivity contribution in [3.63, 3.8) is 0 Å². The first kappa shape index (κ1) is 16.1. The summed E-state index contributed by atoms with van der Waals surface area (Å²) in [6.07, 6.45) is 0. The quantitative estimate of drug-likeness (QED) is 0.891. The maximum absolute atomic E-state index is 13.7. The fraction of sp³-hybridized carbons (Fsp3) is 0.333. The molecule has 22 heavy (non-hydrogen) atoms. The minimum Gasteiger partial charge on any atom is -0.360 e. The minimum atomic E-state index is -0.653. The molecule has 0 bridgehead atoms. The van der Waals surface area contributed by atoms with E-state index in [1.54, 1.807) is 26.8 Å². The van der Waals surface area contributed by atoms with Gasteiger partial charge in [0, 0.05) is 23.7 Å². The van der Waals surface area contributed by atoms with Gasteiger partial charge in [0.25, 0.3) is 0 Å². The van der Waals surface area contributed by atoms with Gasteiger partial charge in [0.2, 0.25) is 5.91 Å². The lowest BCUT2D eigenvalue weighted by molar-refractivity contribution is -0.118. The smallest absolute Gasteiger partial charge is 0.242 e. The number of rotatable bonds is 5. The highest BCUT2D eigenvalue weighted by molar-refractivity contribution is 5.93. The van der Waals surface area contributed by atoms with Gasteiger partial charge >= 0.3 is 0 Å². The molecule has 0 aliphatic carbocycles. The highest BCUT2D eigenvalue weighted by atomic mass is 19.1. The van der Waals surface area contributed by atoms with Crippen molar-refractivity contribution < 1.29 is 18.1 Å². The molecule has 5 nitrogen and oxygen atoms in total. The molecule has 1 heterocycles. The summed E-state index contributed by atoms with van der Waals surface area (Å²) in [5.41, 5.74) is 0.290. The fourth-order valence-corrected chi connectivity index (χ4v) is 2.05. The van der Waals surface area contributed by atoms with Gasteiger partial charge in [0.05, 0.1) is 6.04 Å². The average molecular weight is 309 g/mol. The molecule has 0 aliphatic rings. The summed E-state index contributed by atoms with van der Waals surface area (Å²) in [4.78, 5) is 12.0. The number of carbonyl (C=O) groups is 1. The highest BCUT2D eigenvalue weighted by Crippen LogP contribution is 2.18. The Labute approximate surface area is 126 Å². The molecule has 0 saturated heterocycles. The largest absolute Gasteiger partial charge is 0.360 e. The number of nitrogens with zero attached hydrogens (tertiary/aromatic N) is 1. The molecule has 7 heteroatoms. The van der Waals surface area contributed by atoms with Crippen LogP contribution < -0.4 is 10.6 Å². The number of aromatic nitrogens is 1. The molecular formula is C15H17F2N3O2. The van der Waals surface area contributed by atoms with Gasteiger partial charge in [-0.15, -0.1) is 0 Å². The molecule has 0 radical (unpaired) electrons. The molecule has 1 amide bonds. The topological polar surface area (TPSA) is 67.2 Å². The molecule has 118 valence electrons. The summed E-state index contributed by atoms with van der Waals surface area (Å²) >= 11 is 0. The predicted octanol–water partition coefficient (Wildman–Crippen LogP) is 2.94.